The molecule has 4 heterocycles. The van der Waals surface area contributed by atoms with Gasteiger partial charge in [0.05, 0.1) is 35.9 Å². The van der Waals surface area contributed by atoms with Crippen LogP contribution in [-0.4, -0.2) is 109 Å². The van der Waals surface area contributed by atoms with Crippen LogP contribution < -0.4 is 16.4 Å². The normalized spacial score (nSPS) is 17.3. The van der Waals surface area contributed by atoms with Gasteiger partial charge in [-0.1, -0.05) is 18.0 Å². The number of piperidine rings is 2. The third-order valence-corrected chi connectivity index (χ3v) is 8.83. The van der Waals surface area contributed by atoms with E-state index in [1.165, 1.54) is 18.8 Å². The predicted molar refractivity (Wildman–Crippen MR) is 176 cm³/mol. The maximum Gasteiger partial charge on any atom is 0.387 e. The van der Waals surface area contributed by atoms with Gasteiger partial charge in [0.2, 0.25) is 12.3 Å². The zero-order valence-electron chi connectivity index (χ0n) is 25.8. The Morgan fingerprint density at radius 3 is 2.67 bits per heavy atom. The number of allylic oxidation sites excluding steroid dienone is 1. The van der Waals surface area contributed by atoms with E-state index in [2.05, 4.69) is 64.4 Å². The molecule has 2 aliphatic rings. The van der Waals surface area contributed by atoms with Crippen LogP contribution in [0.3, 0.4) is 0 Å². The summed E-state index contributed by atoms with van der Waals surface area (Å²) in [5, 5.41) is 9.79. The smallest absolute Gasteiger partial charge is 0.387 e. The SMILES string of the molecule is C=N/C=C(\C=NC1CCN(SCCCN2CCC(c3ccc4c(NC(=O)CCNC=O)cnn4c3)CC2)CC1)OC(F)F.CN. The van der Waals surface area contributed by atoms with E-state index in [0.717, 1.165) is 82.3 Å². The second-order valence-electron chi connectivity index (χ2n) is 10.6. The van der Waals surface area contributed by atoms with Crippen molar-refractivity contribution in [3.63, 3.8) is 0 Å². The van der Waals surface area contributed by atoms with Crippen molar-refractivity contribution in [2.45, 2.75) is 57.1 Å². The molecule has 2 aliphatic heterocycles. The number of carbonyl (C=O) groups is 2. The molecule has 0 aliphatic carbocycles. The lowest BCUT2D eigenvalue weighted by atomic mass is 9.90. The van der Waals surface area contributed by atoms with Crippen LogP contribution in [0.2, 0.25) is 0 Å². The molecule has 2 fully saturated rings. The molecule has 0 bridgehead atoms. The molecule has 2 aromatic heterocycles. The number of rotatable bonds is 16. The van der Waals surface area contributed by atoms with Gasteiger partial charge in [-0.25, -0.2) is 4.52 Å². The van der Waals surface area contributed by atoms with Crippen molar-refractivity contribution in [3.8, 4) is 0 Å². The van der Waals surface area contributed by atoms with E-state index >= 15 is 0 Å². The van der Waals surface area contributed by atoms with Crippen molar-refractivity contribution in [2.75, 3.05) is 57.4 Å². The number of hydrogen-bond acceptors (Lipinski definition) is 10. The standard InChI is InChI=1S/C29H40F2N8O3S.CH5N/c1-32-17-25(42-29(30)31)18-34-24-8-14-38(15-9-24)43-16-2-11-37-12-6-22(7-13-37)23-3-4-27-26(19-35-39(27)20-23)36-28(41)5-10-33-21-40;1-2/h3-4,17-22,24,29H,1-2,5-16H2,(H,33,40)(H,36,41);2H2,1H3/b25-17+,34-18?;. The number of nitrogens with two attached hydrogens (primary N) is 1. The Bertz CT molecular complexity index is 1260. The summed E-state index contributed by atoms with van der Waals surface area (Å²) in [5.41, 5.74) is 7.27. The molecular formula is C30H45F2N9O3S. The zero-order chi connectivity index (χ0) is 32.4. The van der Waals surface area contributed by atoms with Crippen LogP contribution in [0.15, 0.2) is 46.5 Å². The summed E-state index contributed by atoms with van der Waals surface area (Å²) >= 11 is 1.88. The molecule has 0 saturated carbocycles. The van der Waals surface area contributed by atoms with Gasteiger partial charge in [0, 0.05) is 38.0 Å². The fourth-order valence-corrected chi connectivity index (χ4v) is 6.34. The summed E-state index contributed by atoms with van der Waals surface area (Å²) in [6.45, 7) is 5.71. The number of aliphatic imine (C=N–C) groups is 2. The fourth-order valence-electron chi connectivity index (χ4n) is 5.35. The summed E-state index contributed by atoms with van der Waals surface area (Å²) < 4.78 is 33.5. The lowest BCUT2D eigenvalue weighted by Gasteiger charge is -2.32. The average Bonchev–Trinajstić information content (AvgIpc) is 3.45. The summed E-state index contributed by atoms with van der Waals surface area (Å²) in [4.78, 5) is 32.9. The van der Waals surface area contributed by atoms with Crippen LogP contribution in [0.25, 0.3) is 5.52 Å². The number of nitrogens with one attached hydrogen (secondary N) is 2. The van der Waals surface area contributed by atoms with Crippen molar-refractivity contribution in [1.82, 2.24) is 24.1 Å². The average molecular weight is 650 g/mol. The quantitative estimate of drug-likeness (QED) is 0.0825. The Kier molecular flexibility index (Phi) is 15.9. The first-order valence-corrected chi connectivity index (χ1v) is 16.2. The first-order chi connectivity index (χ1) is 21.9. The third kappa shape index (κ3) is 12.1. The van der Waals surface area contributed by atoms with Gasteiger partial charge in [0.1, 0.15) is 0 Å². The number of fused-ring (bicyclic) bond motifs is 1. The molecule has 0 atom stereocenters. The van der Waals surface area contributed by atoms with Crippen LogP contribution in [-0.2, 0) is 14.3 Å². The molecule has 2 saturated heterocycles. The van der Waals surface area contributed by atoms with Crippen molar-refractivity contribution < 1.29 is 23.1 Å². The Morgan fingerprint density at radius 1 is 1.22 bits per heavy atom. The molecule has 0 aromatic carbocycles. The summed E-state index contributed by atoms with van der Waals surface area (Å²) in [6.07, 6.45) is 12.1. The number of ether oxygens (including phenoxy) is 1. The molecule has 248 valence electrons. The Labute approximate surface area is 267 Å². The molecule has 12 nitrogen and oxygen atoms in total. The number of anilines is 1. The maximum absolute atomic E-state index is 12.5. The van der Waals surface area contributed by atoms with Gasteiger partial charge in [-0.05, 0) is 83.1 Å². The number of halogens is 2. The third-order valence-electron chi connectivity index (χ3n) is 7.62. The molecule has 45 heavy (non-hydrogen) atoms. The van der Waals surface area contributed by atoms with Crippen molar-refractivity contribution >= 4 is 48.4 Å². The number of amides is 2. The van der Waals surface area contributed by atoms with Gasteiger partial charge < -0.3 is 26.0 Å². The van der Waals surface area contributed by atoms with E-state index in [1.54, 1.807) is 6.20 Å². The molecule has 0 radical (unpaired) electrons. The van der Waals surface area contributed by atoms with E-state index < -0.39 is 6.61 Å². The number of aromatic nitrogens is 2. The Morgan fingerprint density at radius 2 is 1.98 bits per heavy atom. The minimum Gasteiger partial charge on any atom is -0.432 e. The summed E-state index contributed by atoms with van der Waals surface area (Å²) in [5.74, 6) is 1.30. The molecule has 0 spiro atoms. The molecule has 0 unspecified atom stereocenters. The monoisotopic (exact) mass is 649 g/mol. The largest absolute Gasteiger partial charge is 0.432 e. The van der Waals surface area contributed by atoms with E-state index in [9.17, 15) is 18.4 Å². The predicted octanol–water partition coefficient (Wildman–Crippen LogP) is 3.52. The van der Waals surface area contributed by atoms with Crippen molar-refractivity contribution in [1.29, 1.82) is 0 Å². The summed E-state index contributed by atoms with van der Waals surface area (Å²) in [6, 6.07) is 4.24. The van der Waals surface area contributed by atoms with E-state index in [0.29, 0.717) is 24.6 Å². The van der Waals surface area contributed by atoms with Crippen molar-refractivity contribution in [2.24, 2.45) is 15.7 Å². The summed E-state index contributed by atoms with van der Waals surface area (Å²) in [7, 11) is 1.50. The highest BCUT2D eigenvalue weighted by atomic mass is 32.2. The number of pyridine rings is 1. The zero-order valence-corrected chi connectivity index (χ0v) is 26.6. The molecule has 4 rings (SSSR count). The minimum absolute atomic E-state index is 0.0800. The Balaban J connectivity index is 0.00000271. The van der Waals surface area contributed by atoms with Crippen LogP contribution >= 0.6 is 11.9 Å². The van der Waals surface area contributed by atoms with Crippen LogP contribution in [0.4, 0.5) is 14.5 Å². The number of likely N-dealkylation sites (tertiary alicyclic amines) is 1. The van der Waals surface area contributed by atoms with Crippen LogP contribution in [0.1, 0.15) is 50.0 Å². The van der Waals surface area contributed by atoms with Gasteiger partial charge in [-0.2, -0.15) is 13.9 Å². The van der Waals surface area contributed by atoms with Gasteiger partial charge in [0.25, 0.3) is 0 Å². The highest BCUT2D eigenvalue weighted by Gasteiger charge is 2.22. The molecule has 15 heteroatoms. The highest BCUT2D eigenvalue weighted by molar-refractivity contribution is 7.97. The number of nitrogens with zero attached hydrogens (tertiary/aromatic N) is 6. The topological polar surface area (TPSA) is 142 Å². The second kappa shape index (κ2) is 19.9. The van der Waals surface area contributed by atoms with E-state index in [4.69, 9.17) is 0 Å². The molecular weight excluding hydrogens is 604 g/mol. The first kappa shape index (κ1) is 36.1. The number of alkyl halides is 2. The highest BCUT2D eigenvalue weighted by Crippen LogP contribution is 2.30. The second-order valence-corrected chi connectivity index (χ2v) is 11.7. The fraction of sp³-hybridized carbons (Fsp3) is 0.567. The molecule has 2 aromatic rings. The first-order valence-electron chi connectivity index (χ1n) is 15.2. The van der Waals surface area contributed by atoms with Gasteiger partial charge in [-0.3, -0.25) is 23.9 Å². The van der Waals surface area contributed by atoms with Crippen LogP contribution in [0, 0.1) is 0 Å². The number of hydrogen-bond donors (Lipinski definition) is 3. The van der Waals surface area contributed by atoms with E-state index in [-0.39, 0.29) is 24.1 Å². The van der Waals surface area contributed by atoms with Gasteiger partial charge >= 0.3 is 6.61 Å². The van der Waals surface area contributed by atoms with Crippen molar-refractivity contribution in [3.05, 3.63) is 42.0 Å². The lowest BCUT2D eigenvalue weighted by molar-refractivity contribution is -0.116. The minimum atomic E-state index is -2.91. The lowest BCUT2D eigenvalue weighted by Crippen LogP contribution is -2.34. The Hall–Kier alpha value is -3.40. The molecule has 4 N–H and O–H groups in total. The van der Waals surface area contributed by atoms with Gasteiger partial charge in [-0.15, -0.1) is 0 Å². The van der Waals surface area contributed by atoms with Gasteiger partial charge in [0.15, 0.2) is 5.76 Å². The van der Waals surface area contributed by atoms with E-state index in [1.807, 2.05) is 22.5 Å². The maximum atomic E-state index is 12.5. The number of carbonyl (C=O) groups excluding carboxylic acids is 2. The molecule has 2 amide bonds. The van der Waals surface area contributed by atoms with Crippen LogP contribution in [0.5, 0.6) is 0 Å².